The molecule has 4 aromatic carbocycles. The fraction of sp³-hybridized carbons (Fsp3) is 0.212. The Morgan fingerprint density at radius 2 is 1.08 bits per heavy atom. The molecule has 0 aliphatic carbocycles. The van der Waals surface area contributed by atoms with Crippen molar-refractivity contribution in [2.75, 3.05) is 6.61 Å². The zero-order valence-electron chi connectivity index (χ0n) is 22.3. The van der Waals surface area contributed by atoms with Gasteiger partial charge in [0.1, 0.15) is 0 Å². The number of para-hydroxylation sites is 2. The molecule has 0 bridgehead atoms. The Balaban J connectivity index is 1.72. The Bertz CT molecular complexity index is 1360. The molecule has 0 aromatic heterocycles. The van der Waals surface area contributed by atoms with E-state index in [4.69, 9.17) is 14.4 Å². The first-order chi connectivity index (χ1) is 17.9. The fourth-order valence-corrected chi connectivity index (χ4v) is 4.95. The summed E-state index contributed by atoms with van der Waals surface area (Å²) in [7, 11) is -1.56. The second kappa shape index (κ2) is 12.6. The average molecular weight is 505 g/mol. The first-order valence-corrected chi connectivity index (χ1v) is 16.4. The summed E-state index contributed by atoms with van der Waals surface area (Å²) < 4.78 is 6.14. The molecule has 3 nitrogen and oxygen atoms in total. The third kappa shape index (κ3) is 7.69. The molecular weight excluding hydrogens is 468 g/mol. The van der Waals surface area contributed by atoms with Crippen LogP contribution in [0, 0.1) is 0 Å². The normalized spacial score (nSPS) is 12.5. The summed E-state index contributed by atoms with van der Waals surface area (Å²) in [6.45, 7) is 9.50. The predicted molar refractivity (Wildman–Crippen MR) is 162 cm³/mol. The monoisotopic (exact) mass is 504 g/mol. The molecule has 0 aliphatic rings. The minimum absolute atomic E-state index is 0.739. The second-order valence-corrected chi connectivity index (χ2v) is 14.6. The van der Waals surface area contributed by atoms with Crippen LogP contribution in [0.15, 0.2) is 119 Å². The molecule has 37 heavy (non-hydrogen) atoms. The van der Waals surface area contributed by atoms with Crippen LogP contribution in [0.25, 0.3) is 22.3 Å². The van der Waals surface area contributed by atoms with Crippen molar-refractivity contribution in [2.45, 2.75) is 39.4 Å². The lowest BCUT2D eigenvalue weighted by atomic mass is 10.0. The quantitative estimate of drug-likeness (QED) is 0.120. The second-order valence-electron chi connectivity index (χ2n) is 10.1. The van der Waals surface area contributed by atoms with Crippen LogP contribution < -0.4 is 0 Å². The zero-order valence-corrected chi connectivity index (χ0v) is 23.3. The van der Waals surface area contributed by atoms with E-state index in [1.165, 1.54) is 0 Å². The van der Waals surface area contributed by atoms with E-state index in [0.29, 0.717) is 0 Å². The van der Waals surface area contributed by atoms with Gasteiger partial charge >= 0.3 is 0 Å². The zero-order chi connectivity index (χ0) is 26.1. The van der Waals surface area contributed by atoms with Crippen molar-refractivity contribution in [2.24, 2.45) is 9.98 Å². The number of aliphatic imine (C=N–C) groups is 2. The van der Waals surface area contributed by atoms with Gasteiger partial charge in [0.2, 0.25) is 0 Å². The topological polar surface area (TPSA) is 34.0 Å². The van der Waals surface area contributed by atoms with Crippen LogP contribution in [0.5, 0.6) is 0 Å². The van der Waals surface area contributed by atoms with E-state index in [1.807, 2.05) is 24.3 Å². The van der Waals surface area contributed by atoms with Gasteiger partial charge in [-0.15, -0.1) is 0 Å². The molecule has 0 radical (unpaired) electrons. The summed E-state index contributed by atoms with van der Waals surface area (Å²) >= 11 is 0. The Kier molecular flexibility index (Phi) is 8.99. The minimum atomic E-state index is -1.56. The standard InChI is InChI=1S/C33H36N2OSi/c1-26(34-32-22-13-11-20-29(32)27-16-7-5-8-17-27)31(24-15-25-36-37(2,3)4)35-33-23-14-12-21-30(33)28-18-9-6-10-19-28/h5-14,16-23H,15,24-25H2,1-4H3. The summed E-state index contributed by atoms with van der Waals surface area (Å²) in [5.74, 6) is 0. The van der Waals surface area contributed by atoms with Gasteiger partial charge in [0, 0.05) is 17.7 Å². The molecule has 0 saturated carbocycles. The van der Waals surface area contributed by atoms with E-state index in [-0.39, 0.29) is 0 Å². The Morgan fingerprint density at radius 3 is 1.59 bits per heavy atom. The highest BCUT2D eigenvalue weighted by atomic mass is 28.4. The lowest BCUT2D eigenvalue weighted by Crippen LogP contribution is -2.26. The number of rotatable bonds is 10. The summed E-state index contributed by atoms with van der Waals surface area (Å²) in [5.41, 5.74) is 8.39. The van der Waals surface area contributed by atoms with Gasteiger partial charge in [-0.2, -0.15) is 0 Å². The van der Waals surface area contributed by atoms with Crippen molar-refractivity contribution < 1.29 is 4.43 Å². The highest BCUT2D eigenvalue weighted by molar-refractivity contribution is 6.69. The van der Waals surface area contributed by atoms with Crippen LogP contribution in [-0.2, 0) is 4.43 Å². The van der Waals surface area contributed by atoms with Crippen molar-refractivity contribution >= 4 is 31.1 Å². The average Bonchev–Trinajstić information content (AvgIpc) is 2.91. The van der Waals surface area contributed by atoms with Crippen LogP contribution in [0.4, 0.5) is 11.4 Å². The molecule has 0 saturated heterocycles. The van der Waals surface area contributed by atoms with Crippen LogP contribution in [-0.4, -0.2) is 26.3 Å². The molecule has 0 aliphatic heterocycles. The molecule has 0 heterocycles. The van der Waals surface area contributed by atoms with Gasteiger partial charge in [0.15, 0.2) is 8.32 Å². The van der Waals surface area contributed by atoms with Crippen molar-refractivity contribution in [1.29, 1.82) is 0 Å². The van der Waals surface area contributed by atoms with Crippen LogP contribution in [0.3, 0.4) is 0 Å². The highest BCUT2D eigenvalue weighted by Crippen LogP contribution is 2.32. The smallest absolute Gasteiger partial charge is 0.183 e. The Labute approximate surface area is 222 Å². The van der Waals surface area contributed by atoms with E-state index in [0.717, 1.165) is 64.5 Å². The van der Waals surface area contributed by atoms with Crippen molar-refractivity contribution in [3.63, 3.8) is 0 Å². The minimum Gasteiger partial charge on any atom is -0.418 e. The van der Waals surface area contributed by atoms with Crippen LogP contribution in [0.1, 0.15) is 19.8 Å². The fourth-order valence-electron chi connectivity index (χ4n) is 4.19. The van der Waals surface area contributed by atoms with Crippen molar-refractivity contribution in [1.82, 2.24) is 0 Å². The van der Waals surface area contributed by atoms with Gasteiger partial charge in [-0.3, -0.25) is 9.98 Å². The van der Waals surface area contributed by atoms with E-state index in [1.54, 1.807) is 0 Å². The third-order valence-electron chi connectivity index (χ3n) is 6.03. The summed E-state index contributed by atoms with van der Waals surface area (Å²) in [5, 5.41) is 0. The van der Waals surface area contributed by atoms with Crippen molar-refractivity contribution in [3.05, 3.63) is 109 Å². The molecule has 0 unspecified atom stereocenters. The molecular formula is C33H36N2OSi. The lowest BCUT2D eigenvalue weighted by molar-refractivity contribution is 0.307. The molecule has 4 aromatic rings. The van der Waals surface area contributed by atoms with Gasteiger partial charge in [-0.25, -0.2) is 0 Å². The number of nitrogens with zero attached hydrogens (tertiary/aromatic N) is 2. The maximum atomic E-state index is 6.14. The van der Waals surface area contributed by atoms with Gasteiger partial charge in [-0.05, 0) is 62.7 Å². The molecule has 0 N–H and O–H groups in total. The summed E-state index contributed by atoms with van der Waals surface area (Å²) in [6.07, 6.45) is 1.71. The Hall–Kier alpha value is -3.60. The number of hydrogen-bond acceptors (Lipinski definition) is 3. The van der Waals surface area contributed by atoms with Gasteiger partial charge in [0.05, 0.1) is 22.8 Å². The lowest BCUT2D eigenvalue weighted by Gasteiger charge is -2.17. The van der Waals surface area contributed by atoms with Crippen LogP contribution >= 0.6 is 0 Å². The van der Waals surface area contributed by atoms with Gasteiger partial charge < -0.3 is 4.43 Å². The maximum Gasteiger partial charge on any atom is 0.183 e. The molecule has 0 amide bonds. The molecule has 188 valence electrons. The van der Waals surface area contributed by atoms with Crippen molar-refractivity contribution in [3.8, 4) is 22.3 Å². The van der Waals surface area contributed by atoms with E-state index in [2.05, 4.69) is 111 Å². The maximum absolute atomic E-state index is 6.14. The summed E-state index contributed by atoms with van der Waals surface area (Å²) in [6, 6.07) is 37.5. The first kappa shape index (κ1) is 26.5. The van der Waals surface area contributed by atoms with E-state index in [9.17, 15) is 0 Å². The molecule has 4 heteroatoms. The predicted octanol–water partition coefficient (Wildman–Crippen LogP) is 9.52. The van der Waals surface area contributed by atoms with E-state index >= 15 is 0 Å². The highest BCUT2D eigenvalue weighted by Gasteiger charge is 2.15. The molecule has 0 spiro atoms. The number of benzene rings is 4. The SMILES string of the molecule is CC(=Nc1ccccc1-c1ccccc1)C(CCCO[Si](C)(C)C)=Nc1ccccc1-c1ccccc1. The summed E-state index contributed by atoms with van der Waals surface area (Å²) in [4.78, 5) is 10.3. The molecule has 0 atom stereocenters. The largest absolute Gasteiger partial charge is 0.418 e. The molecule has 4 rings (SSSR count). The molecule has 0 fully saturated rings. The first-order valence-electron chi connectivity index (χ1n) is 13.0. The van der Waals surface area contributed by atoms with Gasteiger partial charge in [-0.1, -0.05) is 97.1 Å². The third-order valence-corrected chi connectivity index (χ3v) is 7.10. The Morgan fingerprint density at radius 1 is 0.622 bits per heavy atom. The van der Waals surface area contributed by atoms with Crippen LogP contribution in [0.2, 0.25) is 19.6 Å². The number of hydrogen-bond donors (Lipinski definition) is 0. The van der Waals surface area contributed by atoms with E-state index < -0.39 is 8.32 Å². The van der Waals surface area contributed by atoms with Gasteiger partial charge in [0.25, 0.3) is 0 Å².